The van der Waals surface area contributed by atoms with E-state index in [-0.39, 0.29) is 6.04 Å². The van der Waals surface area contributed by atoms with Crippen molar-refractivity contribution < 1.29 is 0 Å². The van der Waals surface area contributed by atoms with Crippen molar-refractivity contribution in [2.45, 2.75) is 58.0 Å². The van der Waals surface area contributed by atoms with E-state index >= 15 is 0 Å². The first-order chi connectivity index (χ1) is 9.58. The Balaban J connectivity index is 2.07. The molecule has 0 radical (unpaired) electrons. The van der Waals surface area contributed by atoms with Crippen LogP contribution in [0.1, 0.15) is 56.2 Å². The second kappa shape index (κ2) is 7.24. The highest BCUT2D eigenvalue weighted by molar-refractivity contribution is 5.26. The average molecular weight is 274 g/mol. The van der Waals surface area contributed by atoms with Crippen LogP contribution in [0, 0.1) is 12.8 Å². The maximum Gasteiger partial charge on any atom is 0.0493 e. The number of hydrogen-bond acceptors (Lipinski definition) is 2. The lowest BCUT2D eigenvalue weighted by Crippen LogP contribution is -2.40. The van der Waals surface area contributed by atoms with Gasteiger partial charge in [0, 0.05) is 18.6 Å². The van der Waals surface area contributed by atoms with Gasteiger partial charge < -0.3 is 5.73 Å². The molecule has 2 atom stereocenters. The highest BCUT2D eigenvalue weighted by Crippen LogP contribution is 2.29. The fourth-order valence-electron chi connectivity index (χ4n) is 3.70. The van der Waals surface area contributed by atoms with E-state index in [1.54, 1.807) is 0 Å². The first kappa shape index (κ1) is 15.5. The van der Waals surface area contributed by atoms with Gasteiger partial charge in [0.1, 0.15) is 0 Å². The molecule has 112 valence electrons. The van der Waals surface area contributed by atoms with Crippen LogP contribution >= 0.6 is 0 Å². The molecule has 0 aromatic heterocycles. The van der Waals surface area contributed by atoms with Crippen LogP contribution in [0.4, 0.5) is 0 Å². The summed E-state index contributed by atoms with van der Waals surface area (Å²) < 4.78 is 0. The van der Waals surface area contributed by atoms with E-state index in [9.17, 15) is 0 Å². The van der Waals surface area contributed by atoms with Crippen LogP contribution in [0.3, 0.4) is 0 Å². The molecule has 0 spiro atoms. The second-order valence-corrected chi connectivity index (χ2v) is 6.66. The van der Waals surface area contributed by atoms with E-state index in [1.165, 1.54) is 49.8 Å². The van der Waals surface area contributed by atoms with Crippen molar-refractivity contribution in [3.63, 3.8) is 0 Å². The van der Waals surface area contributed by atoms with Gasteiger partial charge in [-0.15, -0.1) is 0 Å². The largest absolute Gasteiger partial charge is 0.326 e. The molecule has 1 fully saturated rings. The lowest BCUT2D eigenvalue weighted by Gasteiger charge is -2.35. The molecular formula is C18H30N2. The first-order valence-electron chi connectivity index (χ1n) is 8.10. The van der Waals surface area contributed by atoms with Gasteiger partial charge in [-0.05, 0) is 45.2 Å². The smallest absolute Gasteiger partial charge is 0.0493 e. The number of nitrogens with two attached hydrogens (primary N) is 1. The van der Waals surface area contributed by atoms with Crippen LogP contribution in [0.5, 0.6) is 0 Å². The first-order valence-corrected chi connectivity index (χ1v) is 8.10. The molecule has 1 aliphatic carbocycles. The molecule has 0 amide bonds. The number of likely N-dealkylation sites (N-methyl/N-ethyl adjacent to an activating group) is 1. The summed E-state index contributed by atoms with van der Waals surface area (Å²) in [6, 6.07) is 9.29. The van der Waals surface area contributed by atoms with E-state index in [4.69, 9.17) is 5.73 Å². The second-order valence-electron chi connectivity index (χ2n) is 6.66. The van der Waals surface area contributed by atoms with Crippen LogP contribution < -0.4 is 5.73 Å². The standard InChI is InChI=1S/C18H30N2/c1-14-8-7-11-17(12-14)18(15(2)19)20(3)13-16-9-5-4-6-10-16/h7-8,11-12,15-16,18H,4-6,9-10,13,19H2,1-3H3. The van der Waals surface area contributed by atoms with Gasteiger partial charge in [-0.3, -0.25) is 4.90 Å². The maximum atomic E-state index is 6.28. The SMILES string of the molecule is Cc1cccc(C(C(C)N)N(C)CC2CCCCC2)c1. The summed E-state index contributed by atoms with van der Waals surface area (Å²) in [4.78, 5) is 2.48. The van der Waals surface area contributed by atoms with Crippen LogP contribution in [0.2, 0.25) is 0 Å². The molecule has 0 heterocycles. The predicted octanol–water partition coefficient (Wildman–Crippen LogP) is 3.90. The summed E-state index contributed by atoms with van der Waals surface area (Å²) in [5, 5.41) is 0. The molecule has 0 bridgehead atoms. The molecule has 2 rings (SSSR count). The monoisotopic (exact) mass is 274 g/mol. The molecule has 2 N–H and O–H groups in total. The lowest BCUT2D eigenvalue weighted by atomic mass is 9.88. The predicted molar refractivity (Wildman–Crippen MR) is 86.8 cm³/mol. The van der Waals surface area contributed by atoms with Gasteiger partial charge in [-0.25, -0.2) is 0 Å². The summed E-state index contributed by atoms with van der Waals surface area (Å²) in [7, 11) is 2.24. The van der Waals surface area contributed by atoms with Crippen molar-refractivity contribution in [1.29, 1.82) is 0 Å². The van der Waals surface area contributed by atoms with Gasteiger partial charge in [-0.1, -0.05) is 49.1 Å². The van der Waals surface area contributed by atoms with E-state index in [0.717, 1.165) is 5.92 Å². The van der Waals surface area contributed by atoms with E-state index in [0.29, 0.717) is 6.04 Å². The number of rotatable bonds is 5. The molecule has 20 heavy (non-hydrogen) atoms. The quantitative estimate of drug-likeness (QED) is 0.882. The minimum absolute atomic E-state index is 0.158. The number of hydrogen-bond donors (Lipinski definition) is 1. The Hall–Kier alpha value is -0.860. The Morgan fingerprint density at radius 2 is 1.95 bits per heavy atom. The molecule has 2 heteroatoms. The number of benzene rings is 1. The molecular weight excluding hydrogens is 244 g/mol. The molecule has 0 saturated heterocycles. The number of nitrogens with zero attached hydrogens (tertiary/aromatic N) is 1. The third kappa shape index (κ3) is 4.07. The molecule has 1 aliphatic rings. The molecule has 0 aliphatic heterocycles. The normalized spacial score (nSPS) is 20.1. The van der Waals surface area contributed by atoms with Gasteiger partial charge in [0.15, 0.2) is 0 Å². The van der Waals surface area contributed by atoms with Gasteiger partial charge in [0.05, 0.1) is 0 Å². The van der Waals surface area contributed by atoms with Gasteiger partial charge in [-0.2, -0.15) is 0 Å². The maximum absolute atomic E-state index is 6.28. The number of aryl methyl sites for hydroxylation is 1. The van der Waals surface area contributed by atoms with Crippen LogP contribution in [0.15, 0.2) is 24.3 Å². The fraction of sp³-hybridized carbons (Fsp3) is 0.667. The molecule has 2 unspecified atom stereocenters. The van der Waals surface area contributed by atoms with E-state index in [2.05, 4.69) is 50.1 Å². The summed E-state index contributed by atoms with van der Waals surface area (Å²) in [6.07, 6.45) is 7.03. The van der Waals surface area contributed by atoms with E-state index in [1.807, 2.05) is 0 Å². The molecule has 2 nitrogen and oxygen atoms in total. The van der Waals surface area contributed by atoms with Crippen LogP contribution in [0.25, 0.3) is 0 Å². The summed E-state index contributed by atoms with van der Waals surface area (Å²) in [5.74, 6) is 0.861. The Kier molecular flexibility index (Phi) is 5.62. The Bertz CT molecular complexity index is 408. The van der Waals surface area contributed by atoms with Crippen molar-refractivity contribution in [1.82, 2.24) is 4.90 Å². The zero-order valence-corrected chi connectivity index (χ0v) is 13.3. The Labute approximate surface area is 124 Å². The third-order valence-electron chi connectivity index (χ3n) is 4.63. The van der Waals surface area contributed by atoms with Crippen molar-refractivity contribution in [3.8, 4) is 0 Å². The highest BCUT2D eigenvalue weighted by atomic mass is 15.1. The van der Waals surface area contributed by atoms with Crippen LogP contribution in [-0.2, 0) is 0 Å². The topological polar surface area (TPSA) is 29.3 Å². The zero-order chi connectivity index (χ0) is 14.5. The minimum Gasteiger partial charge on any atom is -0.326 e. The zero-order valence-electron chi connectivity index (χ0n) is 13.3. The fourth-order valence-corrected chi connectivity index (χ4v) is 3.70. The summed E-state index contributed by atoms with van der Waals surface area (Å²) in [6.45, 7) is 5.47. The van der Waals surface area contributed by atoms with Crippen LogP contribution in [-0.4, -0.2) is 24.5 Å². The van der Waals surface area contributed by atoms with Crippen molar-refractivity contribution in [2.24, 2.45) is 11.7 Å². The third-order valence-corrected chi connectivity index (χ3v) is 4.63. The van der Waals surface area contributed by atoms with Crippen molar-refractivity contribution in [3.05, 3.63) is 35.4 Å². The Morgan fingerprint density at radius 3 is 2.55 bits per heavy atom. The molecule has 1 aromatic carbocycles. The van der Waals surface area contributed by atoms with Crippen molar-refractivity contribution in [2.75, 3.05) is 13.6 Å². The van der Waals surface area contributed by atoms with Gasteiger partial charge in [0.25, 0.3) is 0 Å². The minimum atomic E-state index is 0.158. The molecule has 1 aromatic rings. The van der Waals surface area contributed by atoms with Crippen molar-refractivity contribution >= 4 is 0 Å². The van der Waals surface area contributed by atoms with Gasteiger partial charge >= 0.3 is 0 Å². The summed E-state index contributed by atoms with van der Waals surface area (Å²) >= 11 is 0. The van der Waals surface area contributed by atoms with E-state index < -0.39 is 0 Å². The molecule has 1 saturated carbocycles. The van der Waals surface area contributed by atoms with Gasteiger partial charge in [0.2, 0.25) is 0 Å². The lowest BCUT2D eigenvalue weighted by molar-refractivity contribution is 0.166. The summed E-state index contributed by atoms with van der Waals surface area (Å²) in [5.41, 5.74) is 8.96. The highest BCUT2D eigenvalue weighted by Gasteiger charge is 2.24. The average Bonchev–Trinajstić information content (AvgIpc) is 2.39. The Morgan fingerprint density at radius 1 is 1.25 bits per heavy atom.